The SMILES string of the molecule is CC1=CC(OC(=O)CCC(=O)O)CC(C)(C)C1C. The number of hydrogen-bond donors (Lipinski definition) is 1. The Kier molecular flexibility index (Phi) is 4.54. The predicted octanol–water partition coefficient (Wildman–Crippen LogP) is 2.78. The second kappa shape index (κ2) is 5.55. The molecule has 0 aromatic rings. The van der Waals surface area contributed by atoms with Crippen molar-refractivity contribution in [1.29, 1.82) is 0 Å². The van der Waals surface area contributed by atoms with Crippen LogP contribution in [0.3, 0.4) is 0 Å². The molecule has 0 saturated carbocycles. The van der Waals surface area contributed by atoms with Crippen molar-refractivity contribution in [2.45, 2.75) is 53.1 Å². The molecule has 102 valence electrons. The van der Waals surface area contributed by atoms with Gasteiger partial charge in [-0.2, -0.15) is 0 Å². The van der Waals surface area contributed by atoms with Crippen LogP contribution in [0.15, 0.2) is 11.6 Å². The first-order chi connectivity index (χ1) is 8.22. The standard InChI is InChI=1S/C14H22O4/c1-9-7-11(8-14(3,4)10(9)2)18-13(17)6-5-12(15)16/h7,10-11H,5-6,8H2,1-4H3,(H,15,16). The lowest BCUT2D eigenvalue weighted by molar-refractivity contribution is -0.151. The lowest BCUT2D eigenvalue weighted by Gasteiger charge is -2.39. The maximum atomic E-state index is 11.5. The Labute approximate surface area is 108 Å². The zero-order valence-electron chi connectivity index (χ0n) is 11.5. The van der Waals surface area contributed by atoms with E-state index in [-0.39, 0.29) is 24.4 Å². The molecule has 0 bridgehead atoms. The van der Waals surface area contributed by atoms with Gasteiger partial charge in [0.05, 0.1) is 12.8 Å². The molecule has 4 heteroatoms. The molecule has 2 unspecified atom stereocenters. The summed E-state index contributed by atoms with van der Waals surface area (Å²) in [5.74, 6) is -0.945. The summed E-state index contributed by atoms with van der Waals surface area (Å²) in [5, 5.41) is 8.51. The number of carboxylic acid groups (broad SMARTS) is 1. The van der Waals surface area contributed by atoms with E-state index >= 15 is 0 Å². The molecule has 0 amide bonds. The van der Waals surface area contributed by atoms with Crippen molar-refractivity contribution in [3.63, 3.8) is 0 Å². The van der Waals surface area contributed by atoms with Gasteiger partial charge in [-0.3, -0.25) is 9.59 Å². The fourth-order valence-electron chi connectivity index (χ4n) is 2.32. The van der Waals surface area contributed by atoms with Gasteiger partial charge >= 0.3 is 11.9 Å². The highest BCUT2D eigenvalue weighted by Gasteiger charge is 2.35. The van der Waals surface area contributed by atoms with E-state index in [1.807, 2.05) is 13.0 Å². The first-order valence-electron chi connectivity index (χ1n) is 6.32. The molecule has 1 rings (SSSR count). The van der Waals surface area contributed by atoms with Crippen LogP contribution >= 0.6 is 0 Å². The van der Waals surface area contributed by atoms with Crippen LogP contribution in [0.5, 0.6) is 0 Å². The van der Waals surface area contributed by atoms with E-state index in [0.29, 0.717) is 5.92 Å². The number of hydrogen-bond acceptors (Lipinski definition) is 3. The van der Waals surface area contributed by atoms with Crippen molar-refractivity contribution in [3.05, 3.63) is 11.6 Å². The van der Waals surface area contributed by atoms with E-state index in [1.54, 1.807) is 0 Å². The van der Waals surface area contributed by atoms with Gasteiger partial charge < -0.3 is 9.84 Å². The number of ether oxygens (including phenoxy) is 1. The van der Waals surface area contributed by atoms with Crippen LogP contribution in [0.1, 0.15) is 47.0 Å². The largest absolute Gasteiger partial charge is 0.481 e. The molecule has 2 atom stereocenters. The van der Waals surface area contributed by atoms with Gasteiger partial charge in [0.15, 0.2) is 0 Å². The van der Waals surface area contributed by atoms with Crippen molar-refractivity contribution in [2.24, 2.45) is 11.3 Å². The summed E-state index contributed by atoms with van der Waals surface area (Å²) >= 11 is 0. The van der Waals surface area contributed by atoms with Crippen LogP contribution in [0.2, 0.25) is 0 Å². The molecule has 0 aliphatic heterocycles. The summed E-state index contributed by atoms with van der Waals surface area (Å²) in [7, 11) is 0. The molecule has 0 aromatic heterocycles. The van der Waals surface area contributed by atoms with E-state index in [2.05, 4.69) is 20.8 Å². The van der Waals surface area contributed by atoms with Crippen molar-refractivity contribution >= 4 is 11.9 Å². The highest BCUT2D eigenvalue weighted by atomic mass is 16.5. The summed E-state index contributed by atoms with van der Waals surface area (Å²) < 4.78 is 5.32. The summed E-state index contributed by atoms with van der Waals surface area (Å²) in [4.78, 5) is 21.9. The number of carbonyl (C=O) groups is 2. The molecule has 0 heterocycles. The van der Waals surface area contributed by atoms with Crippen LogP contribution in [-0.4, -0.2) is 23.1 Å². The Bertz CT molecular complexity index is 368. The maximum absolute atomic E-state index is 11.5. The number of allylic oxidation sites excluding steroid dienone is 1. The minimum absolute atomic E-state index is 0.0608. The van der Waals surface area contributed by atoms with E-state index in [4.69, 9.17) is 9.84 Å². The van der Waals surface area contributed by atoms with Crippen LogP contribution in [0, 0.1) is 11.3 Å². The molecule has 1 aliphatic carbocycles. The van der Waals surface area contributed by atoms with E-state index in [0.717, 1.165) is 6.42 Å². The smallest absolute Gasteiger partial charge is 0.306 e. The molecule has 0 spiro atoms. The Balaban J connectivity index is 2.58. The number of rotatable bonds is 4. The Morgan fingerprint density at radius 2 is 2.06 bits per heavy atom. The lowest BCUT2D eigenvalue weighted by Crippen LogP contribution is -2.34. The number of esters is 1. The third kappa shape index (κ3) is 3.86. The minimum atomic E-state index is -0.976. The molecule has 1 N–H and O–H groups in total. The fraction of sp³-hybridized carbons (Fsp3) is 0.714. The molecule has 0 fully saturated rings. The molecular weight excluding hydrogens is 232 g/mol. The van der Waals surface area contributed by atoms with Crippen molar-refractivity contribution in [3.8, 4) is 0 Å². The fourth-order valence-corrected chi connectivity index (χ4v) is 2.32. The van der Waals surface area contributed by atoms with Gasteiger partial charge in [0.1, 0.15) is 6.10 Å². The zero-order chi connectivity index (χ0) is 13.9. The number of carbonyl (C=O) groups excluding carboxylic acids is 1. The van der Waals surface area contributed by atoms with Crippen LogP contribution in [0.4, 0.5) is 0 Å². The molecule has 4 nitrogen and oxygen atoms in total. The van der Waals surface area contributed by atoms with Crippen LogP contribution in [0.25, 0.3) is 0 Å². The van der Waals surface area contributed by atoms with E-state index in [1.165, 1.54) is 5.57 Å². The normalized spacial score (nSPS) is 26.3. The van der Waals surface area contributed by atoms with E-state index < -0.39 is 11.9 Å². The maximum Gasteiger partial charge on any atom is 0.306 e. The van der Waals surface area contributed by atoms with E-state index in [9.17, 15) is 9.59 Å². The molecular formula is C14H22O4. The highest BCUT2D eigenvalue weighted by molar-refractivity contribution is 5.76. The Morgan fingerprint density at radius 3 is 2.56 bits per heavy atom. The van der Waals surface area contributed by atoms with Gasteiger partial charge in [-0.05, 0) is 30.8 Å². The van der Waals surface area contributed by atoms with Gasteiger partial charge in [-0.15, -0.1) is 0 Å². The highest BCUT2D eigenvalue weighted by Crippen LogP contribution is 2.41. The summed E-state index contributed by atoms with van der Waals surface area (Å²) in [5.41, 5.74) is 1.32. The summed E-state index contributed by atoms with van der Waals surface area (Å²) in [6, 6.07) is 0. The van der Waals surface area contributed by atoms with Gasteiger partial charge in [0, 0.05) is 0 Å². The lowest BCUT2D eigenvalue weighted by atomic mass is 9.69. The third-order valence-electron chi connectivity index (χ3n) is 3.86. The van der Waals surface area contributed by atoms with Crippen molar-refractivity contribution in [1.82, 2.24) is 0 Å². The summed E-state index contributed by atoms with van der Waals surface area (Å²) in [6.45, 7) is 8.54. The van der Waals surface area contributed by atoms with Gasteiger partial charge in [0.2, 0.25) is 0 Å². The topological polar surface area (TPSA) is 63.6 Å². The average Bonchev–Trinajstić information content (AvgIpc) is 2.22. The zero-order valence-corrected chi connectivity index (χ0v) is 11.5. The van der Waals surface area contributed by atoms with Crippen LogP contribution < -0.4 is 0 Å². The van der Waals surface area contributed by atoms with Gasteiger partial charge in [-0.1, -0.05) is 26.3 Å². The second-order valence-corrected chi connectivity index (χ2v) is 5.75. The molecule has 0 aromatic carbocycles. The Hall–Kier alpha value is -1.32. The van der Waals surface area contributed by atoms with Gasteiger partial charge in [0.25, 0.3) is 0 Å². The predicted molar refractivity (Wildman–Crippen MR) is 68.1 cm³/mol. The monoisotopic (exact) mass is 254 g/mol. The van der Waals surface area contributed by atoms with Crippen LogP contribution in [-0.2, 0) is 14.3 Å². The molecule has 18 heavy (non-hydrogen) atoms. The first-order valence-corrected chi connectivity index (χ1v) is 6.32. The van der Waals surface area contributed by atoms with Crippen molar-refractivity contribution < 1.29 is 19.4 Å². The minimum Gasteiger partial charge on any atom is -0.481 e. The average molecular weight is 254 g/mol. The quantitative estimate of drug-likeness (QED) is 0.619. The second-order valence-electron chi connectivity index (χ2n) is 5.75. The number of aliphatic carboxylic acids is 1. The first kappa shape index (κ1) is 14.7. The van der Waals surface area contributed by atoms with Crippen molar-refractivity contribution in [2.75, 3.05) is 0 Å². The number of carboxylic acids is 1. The molecule has 0 radical (unpaired) electrons. The summed E-state index contributed by atoms with van der Waals surface area (Å²) in [6.07, 6.45) is 2.30. The Morgan fingerprint density at radius 1 is 1.44 bits per heavy atom. The molecule has 0 saturated heterocycles. The molecule has 1 aliphatic rings. The van der Waals surface area contributed by atoms with Gasteiger partial charge in [-0.25, -0.2) is 0 Å². The third-order valence-corrected chi connectivity index (χ3v) is 3.86.